The Morgan fingerprint density at radius 1 is 1.10 bits per heavy atom. The van der Waals surface area contributed by atoms with Crippen LogP contribution in [0.25, 0.3) is 0 Å². The van der Waals surface area contributed by atoms with E-state index >= 15 is 0 Å². The average molecular weight is 564 g/mol. The summed E-state index contributed by atoms with van der Waals surface area (Å²) in [5.74, 6) is 0.264. The molecule has 0 radical (unpaired) electrons. The van der Waals surface area contributed by atoms with E-state index in [4.69, 9.17) is 16.3 Å². The van der Waals surface area contributed by atoms with Gasteiger partial charge in [-0.2, -0.15) is 0 Å². The number of fused-ring (bicyclic) bond motifs is 1. The number of benzene rings is 2. The number of nitrogens with zero attached hydrogens (tertiary/aromatic N) is 4. The summed E-state index contributed by atoms with van der Waals surface area (Å²) in [6.07, 6.45) is 4.62. The Bertz CT molecular complexity index is 1410. The number of anilines is 2. The zero-order valence-electron chi connectivity index (χ0n) is 23.4. The van der Waals surface area contributed by atoms with E-state index in [0.717, 1.165) is 49.2 Å². The third-order valence-electron chi connectivity index (χ3n) is 8.83. The maximum atomic E-state index is 14.7. The highest BCUT2D eigenvalue weighted by atomic mass is 35.5. The molecule has 1 aliphatic heterocycles. The van der Waals surface area contributed by atoms with Gasteiger partial charge in [-0.3, -0.25) is 9.88 Å². The summed E-state index contributed by atoms with van der Waals surface area (Å²) < 4.78 is 5.21. The Kier molecular flexibility index (Phi) is 7.50. The molecule has 40 heavy (non-hydrogen) atoms. The van der Waals surface area contributed by atoms with Crippen LogP contribution < -0.4 is 14.5 Å². The topological polar surface area (TPSA) is 83.0 Å². The first-order valence-corrected chi connectivity index (χ1v) is 14.0. The van der Waals surface area contributed by atoms with Crippen molar-refractivity contribution in [3.8, 4) is 5.75 Å². The first-order chi connectivity index (χ1) is 19.0. The van der Waals surface area contributed by atoms with Crippen LogP contribution in [-0.2, 0) is 5.41 Å². The number of carbonyl (C=O) groups excluding carboxylic acids is 1. The largest absolute Gasteiger partial charge is 0.511 e. The Labute approximate surface area is 240 Å². The molecule has 0 saturated carbocycles. The fourth-order valence-electron chi connectivity index (χ4n) is 6.69. The molecule has 2 atom stereocenters. The number of hydrogen-bond acceptors (Lipinski definition) is 5. The van der Waals surface area contributed by atoms with Crippen molar-refractivity contribution in [3.63, 3.8) is 0 Å². The van der Waals surface area contributed by atoms with Gasteiger partial charge in [-0.05, 0) is 47.4 Å². The number of ether oxygens (including phenoxy) is 1. The lowest BCUT2D eigenvalue weighted by Gasteiger charge is -2.48. The van der Waals surface area contributed by atoms with Crippen molar-refractivity contribution in [3.05, 3.63) is 83.1 Å². The lowest BCUT2D eigenvalue weighted by molar-refractivity contribution is -0.887. The van der Waals surface area contributed by atoms with Crippen LogP contribution in [0.15, 0.2) is 67.0 Å². The highest BCUT2D eigenvalue weighted by Crippen LogP contribution is 2.52. The molecular formula is C31H36ClN4O4+. The van der Waals surface area contributed by atoms with Crippen molar-refractivity contribution in [2.75, 3.05) is 37.0 Å². The Balaban J connectivity index is 1.56. The SMILES string of the molecule is CN(C(=O)[N+](C)(C1CCN(c2ccncc2)CC1)C1CC(C)(C)c2ccc(OC(=O)O)cc21)c1ccccc1Cl. The van der Waals surface area contributed by atoms with Gasteiger partial charge >= 0.3 is 12.2 Å². The predicted molar refractivity (Wildman–Crippen MR) is 156 cm³/mol. The molecule has 5 rings (SSSR count). The minimum Gasteiger partial charge on any atom is -0.449 e. The zero-order chi connectivity index (χ0) is 28.7. The number of halogens is 1. The molecule has 9 heteroatoms. The number of urea groups is 1. The molecule has 2 heterocycles. The molecule has 2 aliphatic rings. The van der Waals surface area contributed by atoms with Crippen molar-refractivity contribution >= 4 is 35.2 Å². The number of carbonyl (C=O) groups is 2. The molecule has 1 aliphatic carbocycles. The summed E-state index contributed by atoms with van der Waals surface area (Å²) in [5.41, 5.74) is 3.66. The molecule has 1 fully saturated rings. The fraction of sp³-hybridized carbons (Fsp3) is 0.387. The molecule has 2 unspecified atom stereocenters. The first kappa shape index (κ1) is 27.9. The molecule has 8 nitrogen and oxygen atoms in total. The summed E-state index contributed by atoms with van der Waals surface area (Å²) in [5, 5.41) is 9.79. The molecule has 1 saturated heterocycles. The van der Waals surface area contributed by atoms with Gasteiger partial charge in [0.15, 0.2) is 0 Å². The quantitative estimate of drug-likeness (QED) is 0.207. The van der Waals surface area contributed by atoms with E-state index in [1.807, 2.05) is 49.5 Å². The zero-order valence-corrected chi connectivity index (χ0v) is 24.1. The number of aromatic nitrogens is 1. The van der Waals surface area contributed by atoms with Gasteiger partial charge in [0.1, 0.15) is 17.8 Å². The second-order valence-corrected chi connectivity index (χ2v) is 12.0. The van der Waals surface area contributed by atoms with Crippen LogP contribution in [0.1, 0.15) is 50.3 Å². The first-order valence-electron chi connectivity index (χ1n) is 13.6. The Morgan fingerprint density at radius 2 is 1.77 bits per heavy atom. The molecular weight excluding hydrogens is 528 g/mol. The lowest BCUT2D eigenvalue weighted by atomic mass is 9.86. The van der Waals surface area contributed by atoms with Gasteiger partial charge in [0, 0.05) is 63.0 Å². The number of quaternary nitrogens is 1. The van der Waals surface area contributed by atoms with E-state index < -0.39 is 6.16 Å². The molecule has 2 amide bonds. The van der Waals surface area contributed by atoms with Crippen LogP contribution in [-0.4, -0.2) is 60.0 Å². The van der Waals surface area contributed by atoms with Crippen molar-refractivity contribution in [1.82, 2.24) is 4.98 Å². The number of pyridine rings is 1. The molecule has 0 bridgehead atoms. The van der Waals surface area contributed by atoms with Gasteiger partial charge in [0.2, 0.25) is 0 Å². The number of para-hydroxylation sites is 1. The number of hydrogen-bond donors (Lipinski definition) is 1. The summed E-state index contributed by atoms with van der Waals surface area (Å²) in [6, 6.07) is 16.7. The van der Waals surface area contributed by atoms with Crippen LogP contribution in [0.5, 0.6) is 5.75 Å². The maximum Gasteiger partial charge on any atom is 0.511 e. The number of amides is 2. The molecule has 3 aromatic rings. The van der Waals surface area contributed by atoms with Crippen LogP contribution in [0, 0.1) is 0 Å². The monoisotopic (exact) mass is 563 g/mol. The minimum absolute atomic E-state index is 0.0336. The fourth-order valence-corrected chi connectivity index (χ4v) is 6.95. The minimum atomic E-state index is -1.36. The predicted octanol–water partition coefficient (Wildman–Crippen LogP) is 6.89. The van der Waals surface area contributed by atoms with Gasteiger partial charge < -0.3 is 14.7 Å². The van der Waals surface area contributed by atoms with Gasteiger partial charge in [-0.25, -0.2) is 14.1 Å². The van der Waals surface area contributed by atoms with Gasteiger partial charge in [-0.15, -0.1) is 0 Å². The Morgan fingerprint density at radius 3 is 2.42 bits per heavy atom. The number of piperidine rings is 1. The average Bonchev–Trinajstić information content (AvgIpc) is 3.22. The molecule has 0 spiro atoms. The standard InChI is InChI=1S/C31H35ClN4O4/c1-31(2)20-28(24-19-23(40-30(38)39)9-10-25(24)31)36(4,29(37)34(3)27-8-6-5-7-26(27)32)22-13-17-35(18-14-22)21-11-15-33-16-12-21/h5-12,15-16,19,22,28H,13-14,17-18,20H2,1-4H3/p+1. The van der Waals surface area contributed by atoms with Gasteiger partial charge in [-0.1, -0.05) is 43.6 Å². The maximum absolute atomic E-state index is 14.7. The molecule has 2 aromatic carbocycles. The van der Waals surface area contributed by atoms with E-state index in [1.165, 1.54) is 0 Å². The summed E-state index contributed by atoms with van der Waals surface area (Å²) in [6.45, 7) is 6.00. The van der Waals surface area contributed by atoms with Crippen LogP contribution in [0.2, 0.25) is 5.02 Å². The van der Waals surface area contributed by atoms with E-state index in [2.05, 4.69) is 23.7 Å². The van der Waals surface area contributed by atoms with Crippen LogP contribution >= 0.6 is 11.6 Å². The highest BCUT2D eigenvalue weighted by molar-refractivity contribution is 6.33. The van der Waals surface area contributed by atoms with Crippen LogP contribution in [0.4, 0.5) is 21.0 Å². The van der Waals surface area contributed by atoms with E-state index in [-0.39, 0.29) is 33.8 Å². The molecule has 210 valence electrons. The van der Waals surface area contributed by atoms with E-state index in [1.54, 1.807) is 36.5 Å². The summed E-state index contributed by atoms with van der Waals surface area (Å²) >= 11 is 6.56. The third kappa shape index (κ3) is 5.02. The molecule has 1 N–H and O–H groups in total. The van der Waals surface area contributed by atoms with Crippen molar-refractivity contribution < 1.29 is 23.9 Å². The summed E-state index contributed by atoms with van der Waals surface area (Å²) in [7, 11) is 3.83. The van der Waals surface area contributed by atoms with Crippen molar-refractivity contribution in [1.29, 1.82) is 0 Å². The second kappa shape index (κ2) is 10.7. The van der Waals surface area contributed by atoms with Gasteiger partial charge in [0.25, 0.3) is 0 Å². The third-order valence-corrected chi connectivity index (χ3v) is 9.15. The Hall–Kier alpha value is -3.62. The van der Waals surface area contributed by atoms with E-state index in [9.17, 15) is 14.7 Å². The second-order valence-electron chi connectivity index (χ2n) is 11.6. The summed E-state index contributed by atoms with van der Waals surface area (Å²) in [4.78, 5) is 34.3. The van der Waals surface area contributed by atoms with Crippen molar-refractivity contribution in [2.45, 2.75) is 50.6 Å². The lowest BCUT2D eigenvalue weighted by Crippen LogP contribution is -2.64. The number of rotatable bonds is 5. The van der Waals surface area contributed by atoms with Crippen molar-refractivity contribution in [2.24, 2.45) is 0 Å². The number of carboxylic acid groups (broad SMARTS) is 1. The smallest absolute Gasteiger partial charge is 0.449 e. The normalized spacial score (nSPS) is 19.9. The van der Waals surface area contributed by atoms with E-state index in [0.29, 0.717) is 10.7 Å². The highest BCUT2D eigenvalue weighted by Gasteiger charge is 2.55. The van der Waals surface area contributed by atoms with Gasteiger partial charge in [0.05, 0.1) is 17.8 Å². The molecule has 1 aromatic heterocycles. The van der Waals surface area contributed by atoms with Crippen LogP contribution in [0.3, 0.4) is 0 Å².